The second-order valence-corrected chi connectivity index (χ2v) is 27.2. The normalized spacial score (nSPS) is 19.3. The maximum Gasteiger partial charge on any atom is 0.407 e. The van der Waals surface area contributed by atoms with Gasteiger partial charge in [-0.1, -0.05) is 67.1 Å². The number of carbonyl (C=O) groups excluding carboxylic acids is 7. The summed E-state index contributed by atoms with van der Waals surface area (Å²) in [7, 11) is 3.72. The number of carbonyl (C=O) groups is 7. The van der Waals surface area contributed by atoms with Gasteiger partial charge in [-0.3, -0.25) is 28.8 Å². The number of amides is 6. The number of fused-ring (bicyclic) bond motifs is 16. The van der Waals surface area contributed by atoms with Gasteiger partial charge >= 0.3 is 6.09 Å². The number of aryl methyl sites for hydroxylation is 2. The summed E-state index contributed by atoms with van der Waals surface area (Å²) < 4.78 is 6.25. The van der Waals surface area contributed by atoms with E-state index in [-0.39, 0.29) is 58.7 Å². The Morgan fingerprint density at radius 3 is 2.10 bits per heavy atom. The van der Waals surface area contributed by atoms with E-state index in [4.69, 9.17) is 46.1 Å². The molecule has 89 heavy (non-hydrogen) atoms. The SMILES string of the molecule is Cc1ccc(C[C@@H]2NC(=O)c3csc(n3)[C@H]([C@H](OC(=O)NCCN(C)C)c3ccccc3)CC(=O)c3nc(sc3C)[C@H](CC(N)=O)NC(=O)c3csc(n3)-c3ccc(-c4nc(C(N)=O)cs4)nc3-c3csc(n3)-c3csc(n3)[C@@H]3[C@@H](C)[C@@H](O)CN3C2=O)cc1. The maximum absolute atomic E-state index is 15.4. The summed E-state index contributed by atoms with van der Waals surface area (Å²) in [4.78, 5) is 136. The summed E-state index contributed by atoms with van der Waals surface area (Å²) >= 11 is 7.07. The number of ketones is 1. The van der Waals surface area contributed by atoms with Crippen LogP contribution in [0.5, 0.6) is 0 Å². The summed E-state index contributed by atoms with van der Waals surface area (Å²) in [6.07, 6.45) is -3.57. The Hall–Kier alpha value is -8.42. The van der Waals surface area contributed by atoms with E-state index < -0.39 is 90.0 Å². The molecule has 0 radical (unpaired) electrons. The standard InChI is InChI=1S/C60H58N14O9S6/c1-28-11-13-31(14-12-28)19-37-59(81)74-22-44(76)29(2)48(74)58-71-42(27-88-58)56-67-38(23-86-56)47-33(15-16-35(64-47)55-68-39(24-87-55)50(62)78)53-69-40(25-84-53)51(79)65-36(21-45(61)77)57-72-46(30(3)89-57)43(75)20-34(54-70-41(26-85-54)52(80)66-37)49(32-9-7-6-8-10-32)83-60(82)63-17-18-73(4)5/h6-16,23-27,29,34,36-37,44,48-49,76H,17-22H2,1-5H3,(H2,61,77)(H2,62,78)(H,63,82)(H,65,79)(H,66,80)/t29-,34-,36-,37-,44-,48-,49+/m0/s1. The number of hydrogen-bond acceptors (Lipinski definition) is 23. The first kappa shape index (κ1) is 62.2. The number of benzene rings is 2. The molecule has 2 aliphatic heterocycles. The van der Waals surface area contributed by atoms with Crippen LogP contribution >= 0.6 is 68.0 Å². The van der Waals surface area contributed by atoms with Crippen molar-refractivity contribution >= 4 is 109 Å². The van der Waals surface area contributed by atoms with E-state index in [1.54, 1.807) is 65.0 Å². The van der Waals surface area contributed by atoms with Crippen LogP contribution in [0.25, 0.3) is 43.4 Å². The predicted molar refractivity (Wildman–Crippen MR) is 340 cm³/mol. The van der Waals surface area contributed by atoms with Crippen LogP contribution in [0.4, 0.5) is 4.79 Å². The van der Waals surface area contributed by atoms with Crippen molar-refractivity contribution in [3.8, 4) is 43.4 Å². The second-order valence-electron chi connectivity index (χ2n) is 21.6. The Balaban J connectivity index is 1.03. The number of hydrogen-bond donors (Lipinski definition) is 6. The van der Waals surface area contributed by atoms with Crippen molar-refractivity contribution in [3.05, 3.63) is 153 Å². The molecule has 29 heteroatoms. The van der Waals surface area contributed by atoms with Crippen molar-refractivity contribution in [3.63, 3.8) is 0 Å². The van der Waals surface area contributed by atoms with Crippen molar-refractivity contribution in [2.75, 3.05) is 33.7 Å². The number of nitrogens with zero attached hydrogens (tertiary/aromatic N) is 9. The number of primary amides is 2. The summed E-state index contributed by atoms with van der Waals surface area (Å²) in [5.74, 6) is -5.35. The topological polar surface area (TPSA) is 334 Å². The van der Waals surface area contributed by atoms with Gasteiger partial charge < -0.3 is 47.1 Å². The van der Waals surface area contributed by atoms with E-state index in [0.29, 0.717) is 65.4 Å². The molecule has 10 bridgehead atoms. The van der Waals surface area contributed by atoms with Crippen LogP contribution < -0.4 is 27.4 Å². The number of nitrogens with two attached hydrogens (primary N) is 2. The lowest BCUT2D eigenvalue weighted by Crippen LogP contribution is -2.50. The van der Waals surface area contributed by atoms with Crippen LogP contribution in [-0.4, -0.2) is 137 Å². The Bertz CT molecular complexity index is 4140. The lowest BCUT2D eigenvalue weighted by molar-refractivity contribution is -0.134. The number of pyridine rings is 1. The zero-order valence-electron chi connectivity index (χ0n) is 48.4. The van der Waals surface area contributed by atoms with Crippen molar-refractivity contribution in [1.29, 1.82) is 0 Å². The van der Waals surface area contributed by atoms with E-state index in [1.807, 2.05) is 62.5 Å². The highest BCUT2D eigenvalue weighted by Gasteiger charge is 2.46. The minimum absolute atomic E-state index is 0.0126. The molecular formula is C60H58N14O9S6. The fraction of sp³-hybridized carbons (Fsp3) is 0.300. The Morgan fingerprint density at radius 1 is 0.719 bits per heavy atom. The summed E-state index contributed by atoms with van der Waals surface area (Å²) in [5, 5.41) is 30.7. The van der Waals surface area contributed by atoms with Gasteiger partial charge in [0, 0.05) is 75.7 Å². The zero-order valence-corrected chi connectivity index (χ0v) is 53.3. The lowest BCUT2D eigenvalue weighted by atomic mass is 9.90. The van der Waals surface area contributed by atoms with Crippen LogP contribution in [0.2, 0.25) is 0 Å². The monoisotopic (exact) mass is 1310 g/mol. The van der Waals surface area contributed by atoms with Gasteiger partial charge in [0.15, 0.2) is 5.78 Å². The molecule has 2 aliphatic rings. The minimum Gasteiger partial charge on any atom is -0.441 e. The third kappa shape index (κ3) is 13.9. The summed E-state index contributed by atoms with van der Waals surface area (Å²) in [5.41, 5.74) is 15.8. The average molecular weight is 1310 g/mol. The smallest absolute Gasteiger partial charge is 0.407 e. The van der Waals surface area contributed by atoms with Crippen molar-refractivity contribution in [2.24, 2.45) is 17.4 Å². The van der Waals surface area contributed by atoms with Crippen LogP contribution in [0.15, 0.2) is 93.6 Å². The molecule has 0 aliphatic carbocycles. The summed E-state index contributed by atoms with van der Waals surface area (Å²) in [6, 6.07) is 16.9. The average Bonchev–Trinajstić information content (AvgIpc) is 1.97. The zero-order chi connectivity index (χ0) is 62.8. The highest BCUT2D eigenvalue weighted by molar-refractivity contribution is 7.15. The minimum atomic E-state index is -1.18. The second kappa shape index (κ2) is 26.7. The Morgan fingerprint density at radius 2 is 1.37 bits per heavy atom. The van der Waals surface area contributed by atoms with Crippen molar-refractivity contribution < 1.29 is 43.4 Å². The molecule has 7 aromatic heterocycles. The molecule has 1 fully saturated rings. The van der Waals surface area contributed by atoms with Gasteiger partial charge in [0.05, 0.1) is 36.2 Å². The quantitative estimate of drug-likeness (QED) is 0.0671. The first-order valence-electron chi connectivity index (χ1n) is 27.9. The van der Waals surface area contributed by atoms with Gasteiger partial charge in [-0.2, -0.15) is 0 Å². The van der Waals surface area contributed by atoms with Gasteiger partial charge in [-0.25, -0.2) is 39.7 Å². The van der Waals surface area contributed by atoms with Crippen molar-refractivity contribution in [2.45, 2.75) is 76.3 Å². The number of aliphatic hydroxyl groups excluding tert-OH is 1. The van der Waals surface area contributed by atoms with E-state index in [0.717, 1.165) is 45.1 Å². The highest BCUT2D eigenvalue weighted by atomic mass is 32.1. The van der Waals surface area contributed by atoms with Crippen LogP contribution in [0, 0.1) is 19.8 Å². The molecule has 1 saturated heterocycles. The number of aliphatic hydroxyl groups is 1. The molecule has 6 amide bonds. The molecule has 0 saturated carbocycles. The van der Waals surface area contributed by atoms with Gasteiger partial charge in [0.1, 0.15) is 82.0 Å². The van der Waals surface area contributed by atoms with Crippen LogP contribution in [0.3, 0.4) is 0 Å². The van der Waals surface area contributed by atoms with E-state index in [1.165, 1.54) is 44.8 Å². The van der Waals surface area contributed by atoms with E-state index in [2.05, 4.69) is 20.9 Å². The van der Waals surface area contributed by atoms with Crippen molar-refractivity contribution in [1.82, 2.24) is 60.6 Å². The number of Topliss-reactive ketones (excluding diaryl/α,β-unsaturated/α-hetero) is 1. The highest BCUT2D eigenvalue weighted by Crippen LogP contribution is 2.44. The van der Waals surface area contributed by atoms with Crippen LogP contribution in [-0.2, 0) is 20.7 Å². The molecule has 458 valence electrons. The molecule has 0 unspecified atom stereocenters. The van der Waals surface area contributed by atoms with Crippen LogP contribution in [0.1, 0.15) is 122 Å². The lowest BCUT2D eigenvalue weighted by Gasteiger charge is -2.29. The third-order valence-electron chi connectivity index (χ3n) is 15.0. The molecule has 23 nitrogen and oxygen atoms in total. The van der Waals surface area contributed by atoms with E-state index in [9.17, 15) is 29.1 Å². The molecule has 0 spiro atoms. The number of rotatable bonds is 12. The number of thiazole rings is 6. The van der Waals surface area contributed by atoms with Gasteiger partial charge in [0.2, 0.25) is 11.8 Å². The molecule has 9 aromatic rings. The fourth-order valence-corrected chi connectivity index (χ4v) is 15.7. The summed E-state index contributed by atoms with van der Waals surface area (Å²) in [6.45, 7) is 6.15. The first-order chi connectivity index (χ1) is 42.7. The van der Waals surface area contributed by atoms with E-state index >= 15 is 9.59 Å². The van der Waals surface area contributed by atoms with Gasteiger partial charge in [-0.05, 0) is 51.2 Å². The molecule has 7 atom stereocenters. The molecular weight excluding hydrogens is 1250 g/mol. The molecule has 8 N–H and O–H groups in total. The number of alkyl carbamates (subject to hydrolysis) is 1. The molecule has 11 rings (SSSR count). The molecule has 2 aromatic carbocycles. The fourth-order valence-electron chi connectivity index (χ4n) is 10.3. The Labute approximate surface area is 533 Å². The first-order valence-corrected chi connectivity index (χ1v) is 33.1. The Kier molecular flexibility index (Phi) is 18.7. The number of likely N-dealkylation sites (N-methyl/N-ethyl adjacent to an activating group) is 1. The predicted octanol–water partition coefficient (Wildman–Crippen LogP) is 8.17. The number of ether oxygens (including phenoxy) is 1. The number of nitrogens with one attached hydrogen (secondary N) is 3. The number of aromatic nitrogens is 7. The maximum atomic E-state index is 15.4. The largest absolute Gasteiger partial charge is 0.441 e. The molecule has 9 heterocycles. The van der Waals surface area contributed by atoms with Gasteiger partial charge in [0.25, 0.3) is 17.7 Å². The third-order valence-corrected chi connectivity index (χ3v) is 20.6. The van der Waals surface area contributed by atoms with Gasteiger partial charge in [-0.15, -0.1) is 68.0 Å².